The SMILES string of the molecule is NO[SiH2]c1ccccc1. The van der Waals surface area contributed by atoms with Crippen molar-refractivity contribution < 1.29 is 4.53 Å². The molecule has 0 aliphatic carbocycles. The lowest BCUT2D eigenvalue weighted by molar-refractivity contribution is 0.362. The first-order chi connectivity index (χ1) is 4.43. The van der Waals surface area contributed by atoms with Crippen LogP contribution >= 0.6 is 0 Å². The Balaban J connectivity index is 2.61. The molecule has 2 nitrogen and oxygen atoms in total. The van der Waals surface area contributed by atoms with Gasteiger partial charge in [-0.15, -0.1) is 0 Å². The highest BCUT2D eigenvalue weighted by molar-refractivity contribution is 6.46. The summed E-state index contributed by atoms with van der Waals surface area (Å²) in [6.45, 7) is 0. The Kier molecular flexibility index (Phi) is 2.44. The van der Waals surface area contributed by atoms with Gasteiger partial charge in [-0.25, -0.2) is 5.90 Å². The Morgan fingerprint density at radius 1 is 1.22 bits per heavy atom. The van der Waals surface area contributed by atoms with E-state index in [0.29, 0.717) is 0 Å². The highest BCUT2D eigenvalue weighted by atomic mass is 28.2. The van der Waals surface area contributed by atoms with Crippen LogP contribution in [0.15, 0.2) is 30.3 Å². The molecule has 1 rings (SSSR count). The van der Waals surface area contributed by atoms with Gasteiger partial charge in [-0.1, -0.05) is 30.3 Å². The predicted octanol–water partition coefficient (Wildman–Crippen LogP) is -0.714. The fourth-order valence-corrected chi connectivity index (χ4v) is 1.33. The minimum Gasteiger partial charge on any atom is -0.350 e. The highest BCUT2D eigenvalue weighted by Gasteiger charge is 1.87. The first-order valence-corrected chi connectivity index (χ1v) is 4.07. The number of rotatable bonds is 2. The summed E-state index contributed by atoms with van der Waals surface area (Å²) >= 11 is 0. The highest BCUT2D eigenvalue weighted by Crippen LogP contribution is 1.79. The van der Waals surface area contributed by atoms with E-state index in [9.17, 15) is 0 Å². The zero-order chi connectivity index (χ0) is 6.53. The second-order valence-electron chi connectivity index (χ2n) is 1.80. The van der Waals surface area contributed by atoms with E-state index in [1.165, 1.54) is 5.19 Å². The summed E-state index contributed by atoms with van der Waals surface area (Å²) in [5.41, 5.74) is 0. The van der Waals surface area contributed by atoms with Crippen LogP contribution in [0.4, 0.5) is 0 Å². The lowest BCUT2D eigenvalue weighted by atomic mass is 10.4. The molecule has 9 heavy (non-hydrogen) atoms. The molecular formula is C6H9NOSi. The Labute approximate surface area is 56.5 Å². The minimum atomic E-state index is -0.623. The summed E-state index contributed by atoms with van der Waals surface area (Å²) in [4.78, 5) is 0. The molecule has 0 bridgehead atoms. The van der Waals surface area contributed by atoms with Gasteiger partial charge in [-0.05, 0) is 5.19 Å². The summed E-state index contributed by atoms with van der Waals surface area (Å²) in [6, 6.07) is 10.0. The van der Waals surface area contributed by atoms with Crippen LogP contribution in [0, 0.1) is 0 Å². The fraction of sp³-hybridized carbons (Fsp3) is 0. The molecule has 0 unspecified atom stereocenters. The molecule has 2 N–H and O–H groups in total. The normalized spacial score (nSPS) is 10.8. The average Bonchev–Trinajstić information content (AvgIpc) is 1.91. The maximum Gasteiger partial charge on any atom is 0.220 e. The summed E-state index contributed by atoms with van der Waals surface area (Å²) < 4.78 is 4.57. The lowest BCUT2D eigenvalue weighted by Crippen LogP contribution is -2.19. The van der Waals surface area contributed by atoms with Gasteiger partial charge in [0.2, 0.25) is 9.76 Å². The Bertz CT molecular complexity index is 166. The van der Waals surface area contributed by atoms with Gasteiger partial charge >= 0.3 is 0 Å². The molecule has 48 valence electrons. The molecule has 0 aliphatic rings. The molecule has 1 aromatic carbocycles. The van der Waals surface area contributed by atoms with Gasteiger partial charge < -0.3 is 4.53 Å². The summed E-state index contributed by atoms with van der Waals surface area (Å²) in [5.74, 6) is 4.92. The average molecular weight is 139 g/mol. The van der Waals surface area contributed by atoms with Crippen LogP contribution in [0.3, 0.4) is 0 Å². The van der Waals surface area contributed by atoms with E-state index in [0.717, 1.165) is 0 Å². The summed E-state index contributed by atoms with van der Waals surface area (Å²) in [7, 11) is -0.623. The first-order valence-electron chi connectivity index (χ1n) is 2.79. The molecule has 0 saturated carbocycles. The lowest BCUT2D eigenvalue weighted by Gasteiger charge is -1.93. The van der Waals surface area contributed by atoms with Gasteiger partial charge in [0.15, 0.2) is 0 Å². The van der Waals surface area contributed by atoms with Gasteiger partial charge in [0.25, 0.3) is 0 Å². The van der Waals surface area contributed by atoms with Crippen molar-refractivity contribution in [3.05, 3.63) is 30.3 Å². The molecule has 0 fully saturated rings. The van der Waals surface area contributed by atoms with E-state index in [4.69, 9.17) is 5.90 Å². The number of hydrogen-bond acceptors (Lipinski definition) is 2. The largest absolute Gasteiger partial charge is 0.350 e. The van der Waals surface area contributed by atoms with E-state index in [-0.39, 0.29) is 0 Å². The van der Waals surface area contributed by atoms with Gasteiger partial charge in [0.1, 0.15) is 0 Å². The van der Waals surface area contributed by atoms with Crippen molar-refractivity contribution in [1.82, 2.24) is 0 Å². The molecule has 0 radical (unpaired) electrons. The van der Waals surface area contributed by atoms with E-state index >= 15 is 0 Å². The third kappa shape index (κ3) is 1.97. The van der Waals surface area contributed by atoms with Gasteiger partial charge in [-0.3, -0.25) is 0 Å². The third-order valence-corrected chi connectivity index (χ3v) is 2.06. The van der Waals surface area contributed by atoms with Crippen LogP contribution in [0.2, 0.25) is 0 Å². The molecule has 0 spiro atoms. The van der Waals surface area contributed by atoms with Crippen molar-refractivity contribution >= 4 is 14.9 Å². The van der Waals surface area contributed by atoms with E-state index in [2.05, 4.69) is 4.53 Å². The zero-order valence-corrected chi connectivity index (χ0v) is 6.49. The van der Waals surface area contributed by atoms with Gasteiger partial charge in [0.05, 0.1) is 0 Å². The topological polar surface area (TPSA) is 35.2 Å². The molecule has 0 atom stereocenters. The molecule has 0 aromatic heterocycles. The molecule has 3 heteroatoms. The predicted molar refractivity (Wildman–Crippen MR) is 39.9 cm³/mol. The van der Waals surface area contributed by atoms with Crippen molar-refractivity contribution in [2.75, 3.05) is 0 Å². The van der Waals surface area contributed by atoms with Crippen LogP contribution in [0.25, 0.3) is 0 Å². The second-order valence-corrected chi connectivity index (χ2v) is 3.24. The number of hydrogen-bond donors (Lipinski definition) is 1. The quantitative estimate of drug-likeness (QED) is 0.434. The van der Waals surface area contributed by atoms with E-state index in [1.807, 2.05) is 30.3 Å². The molecule has 1 aromatic rings. The zero-order valence-electron chi connectivity index (χ0n) is 5.08. The van der Waals surface area contributed by atoms with Crippen LogP contribution in [0.5, 0.6) is 0 Å². The smallest absolute Gasteiger partial charge is 0.220 e. The fourth-order valence-electron chi connectivity index (χ4n) is 0.670. The van der Waals surface area contributed by atoms with Crippen molar-refractivity contribution in [3.63, 3.8) is 0 Å². The number of nitrogens with two attached hydrogens (primary N) is 1. The van der Waals surface area contributed by atoms with Crippen LogP contribution in [0.1, 0.15) is 0 Å². The molecule has 0 amide bonds. The van der Waals surface area contributed by atoms with Crippen LogP contribution in [-0.4, -0.2) is 9.76 Å². The second kappa shape index (κ2) is 3.40. The van der Waals surface area contributed by atoms with Gasteiger partial charge in [-0.2, -0.15) is 0 Å². The minimum absolute atomic E-state index is 0.623. The maximum absolute atomic E-state index is 4.92. The Hall–Kier alpha value is -0.643. The van der Waals surface area contributed by atoms with Crippen LogP contribution < -0.4 is 11.1 Å². The third-order valence-electron chi connectivity index (χ3n) is 1.09. The van der Waals surface area contributed by atoms with Crippen molar-refractivity contribution in [2.24, 2.45) is 5.90 Å². The summed E-state index contributed by atoms with van der Waals surface area (Å²) in [5, 5.41) is 1.24. The molecule has 0 aliphatic heterocycles. The Morgan fingerprint density at radius 2 is 1.89 bits per heavy atom. The molecular weight excluding hydrogens is 130 g/mol. The van der Waals surface area contributed by atoms with E-state index in [1.54, 1.807) is 0 Å². The monoisotopic (exact) mass is 139 g/mol. The van der Waals surface area contributed by atoms with Crippen molar-refractivity contribution in [1.29, 1.82) is 0 Å². The van der Waals surface area contributed by atoms with E-state index < -0.39 is 9.76 Å². The molecule has 0 saturated heterocycles. The summed E-state index contributed by atoms with van der Waals surface area (Å²) in [6.07, 6.45) is 0. The number of benzene rings is 1. The molecule has 0 heterocycles. The van der Waals surface area contributed by atoms with Crippen LogP contribution in [-0.2, 0) is 4.53 Å². The first kappa shape index (κ1) is 6.48. The van der Waals surface area contributed by atoms with Crippen molar-refractivity contribution in [3.8, 4) is 0 Å². The van der Waals surface area contributed by atoms with Gasteiger partial charge in [0, 0.05) is 0 Å². The van der Waals surface area contributed by atoms with Crippen molar-refractivity contribution in [2.45, 2.75) is 0 Å². The Morgan fingerprint density at radius 3 is 2.44 bits per heavy atom. The maximum atomic E-state index is 4.92. The standard InChI is InChI=1S/C6H9NOSi/c7-8-9-6-4-2-1-3-5-6/h1-5H,7,9H2.